The second-order valence-corrected chi connectivity index (χ2v) is 4.96. The first kappa shape index (κ1) is 18.7. The van der Waals surface area contributed by atoms with Gasteiger partial charge in [0.1, 0.15) is 24.5 Å². The van der Waals surface area contributed by atoms with Gasteiger partial charge in [0.15, 0.2) is 0 Å². The molecule has 1 aliphatic rings. The molecule has 0 radical (unpaired) electrons. The zero-order chi connectivity index (χ0) is 15.5. The summed E-state index contributed by atoms with van der Waals surface area (Å²) >= 11 is 0. The average molecular weight is 336 g/mol. The third kappa shape index (κ3) is 3.90. The average Bonchev–Trinajstić information content (AvgIpc) is 2.50. The molecule has 1 heterocycles. The molecule has 0 aromatic heterocycles. The minimum absolute atomic E-state index is 0. The molecule has 22 heavy (non-hydrogen) atoms. The summed E-state index contributed by atoms with van der Waals surface area (Å²) in [6.45, 7) is 0.592. The molecule has 4 nitrogen and oxygen atoms in total. The molecule has 0 unspecified atom stereocenters. The number of aliphatic hydroxyl groups is 1. The van der Waals surface area contributed by atoms with Crippen LogP contribution in [-0.4, -0.2) is 48.7 Å². The summed E-state index contributed by atoms with van der Waals surface area (Å²) < 4.78 is 41.6. The first-order valence-electron chi connectivity index (χ1n) is 6.62. The first-order chi connectivity index (χ1) is 9.99. The van der Waals surface area contributed by atoms with Crippen LogP contribution in [0.1, 0.15) is 17.2 Å². The number of piperazine rings is 1. The summed E-state index contributed by atoms with van der Waals surface area (Å²) in [6.07, 6.45) is 0. The molecule has 1 aromatic rings. The van der Waals surface area contributed by atoms with Crippen LogP contribution in [0, 0.1) is 17.1 Å². The van der Waals surface area contributed by atoms with Crippen molar-refractivity contribution in [2.75, 3.05) is 32.8 Å². The Labute approximate surface area is 132 Å². The van der Waals surface area contributed by atoms with Crippen LogP contribution in [0.3, 0.4) is 0 Å². The van der Waals surface area contributed by atoms with Crippen molar-refractivity contribution in [1.82, 2.24) is 10.2 Å². The van der Waals surface area contributed by atoms with Crippen molar-refractivity contribution < 1.29 is 18.3 Å². The van der Waals surface area contributed by atoms with Crippen LogP contribution in [-0.2, 0) is 0 Å². The van der Waals surface area contributed by atoms with Gasteiger partial charge in [-0.2, -0.15) is 5.26 Å². The Morgan fingerprint density at radius 1 is 1.36 bits per heavy atom. The van der Waals surface area contributed by atoms with Gasteiger partial charge in [0, 0.05) is 26.2 Å². The van der Waals surface area contributed by atoms with Gasteiger partial charge in [-0.05, 0) is 17.7 Å². The molecule has 0 aliphatic carbocycles. The lowest BCUT2D eigenvalue weighted by atomic mass is 9.96. The monoisotopic (exact) mass is 335 g/mol. The summed E-state index contributed by atoms with van der Waals surface area (Å²) in [6, 6.07) is 3.66. The largest absolute Gasteiger partial charge is 0.390 e. The molecule has 0 amide bonds. The fourth-order valence-corrected chi connectivity index (χ4v) is 2.55. The van der Waals surface area contributed by atoms with Gasteiger partial charge in [-0.3, -0.25) is 4.90 Å². The lowest BCUT2D eigenvalue weighted by Gasteiger charge is -2.38. The van der Waals surface area contributed by atoms with E-state index in [-0.39, 0.29) is 23.5 Å². The van der Waals surface area contributed by atoms with Crippen molar-refractivity contribution >= 4 is 12.4 Å². The third-order valence-corrected chi connectivity index (χ3v) is 3.55. The van der Waals surface area contributed by atoms with E-state index in [9.17, 15) is 13.2 Å². The maximum absolute atomic E-state index is 14.1. The molecule has 0 spiro atoms. The van der Waals surface area contributed by atoms with Crippen LogP contribution in [0.5, 0.6) is 0 Å². The van der Waals surface area contributed by atoms with Crippen molar-refractivity contribution in [3.05, 3.63) is 35.1 Å². The summed E-state index contributed by atoms with van der Waals surface area (Å²) in [4.78, 5) is 1.54. The molecule has 0 bridgehead atoms. The number of nitrogens with zero attached hydrogens (tertiary/aromatic N) is 2. The number of aliphatic hydroxyl groups excluding tert-OH is 1. The summed E-state index contributed by atoms with van der Waals surface area (Å²) in [5, 5.41) is 20.9. The molecule has 8 heteroatoms. The van der Waals surface area contributed by atoms with E-state index in [1.54, 1.807) is 11.0 Å². The van der Waals surface area contributed by atoms with Crippen molar-refractivity contribution in [2.45, 2.75) is 12.0 Å². The van der Waals surface area contributed by atoms with E-state index in [0.29, 0.717) is 26.2 Å². The summed E-state index contributed by atoms with van der Waals surface area (Å²) in [5.74, 6) is -4.12. The lowest BCUT2D eigenvalue weighted by molar-refractivity contribution is -0.118. The smallest absolute Gasteiger partial charge is 0.289 e. The van der Waals surface area contributed by atoms with Gasteiger partial charge in [-0.1, -0.05) is 6.07 Å². The fourth-order valence-electron chi connectivity index (χ4n) is 2.55. The molecule has 1 aromatic carbocycles. The molecule has 0 saturated carbocycles. The lowest BCUT2D eigenvalue weighted by Crippen LogP contribution is -2.51. The molecule has 1 atom stereocenters. The standard InChI is InChI=1S/C14H16F3N3O.ClH/c15-12-2-1-10(7-11(12)8-18)13(14(16,17)9-21)20-5-3-19-4-6-20;/h1-2,7,13,19,21H,3-6,9H2;1H/t13-;/m1./s1. The second kappa shape index (κ2) is 7.79. The molecular weight excluding hydrogens is 319 g/mol. The van der Waals surface area contributed by atoms with Crippen molar-refractivity contribution in [2.24, 2.45) is 0 Å². The van der Waals surface area contributed by atoms with Crippen molar-refractivity contribution in [3.63, 3.8) is 0 Å². The number of rotatable bonds is 4. The second-order valence-electron chi connectivity index (χ2n) is 4.96. The number of alkyl halides is 2. The number of nitriles is 1. The van der Waals surface area contributed by atoms with Crippen LogP contribution >= 0.6 is 12.4 Å². The Morgan fingerprint density at radius 2 is 2.00 bits per heavy atom. The van der Waals surface area contributed by atoms with Gasteiger partial charge in [-0.15, -0.1) is 12.4 Å². The molecule has 2 N–H and O–H groups in total. The first-order valence-corrected chi connectivity index (χ1v) is 6.62. The van der Waals surface area contributed by atoms with E-state index in [0.717, 1.165) is 12.1 Å². The highest BCUT2D eigenvalue weighted by Gasteiger charge is 2.44. The van der Waals surface area contributed by atoms with Gasteiger partial charge < -0.3 is 10.4 Å². The number of hydrogen-bond donors (Lipinski definition) is 2. The van der Waals surface area contributed by atoms with Gasteiger partial charge in [0.2, 0.25) is 0 Å². The number of halogens is 4. The zero-order valence-corrected chi connectivity index (χ0v) is 12.5. The Hall–Kier alpha value is -1.33. The highest BCUT2D eigenvalue weighted by molar-refractivity contribution is 5.85. The third-order valence-electron chi connectivity index (χ3n) is 3.55. The predicted molar refractivity (Wildman–Crippen MR) is 77.6 cm³/mol. The Balaban J connectivity index is 0.00000242. The summed E-state index contributed by atoms with van der Waals surface area (Å²) in [5.41, 5.74) is -0.143. The summed E-state index contributed by atoms with van der Waals surface area (Å²) in [7, 11) is 0. The van der Waals surface area contributed by atoms with Crippen LogP contribution in [0.15, 0.2) is 18.2 Å². The molecule has 2 rings (SSSR count). The molecule has 1 saturated heterocycles. The maximum atomic E-state index is 14.1. The highest BCUT2D eigenvalue weighted by Crippen LogP contribution is 2.37. The van der Waals surface area contributed by atoms with E-state index in [1.807, 2.05) is 0 Å². The van der Waals surface area contributed by atoms with Crippen LogP contribution in [0.25, 0.3) is 0 Å². The molecular formula is C14H17ClF3N3O. The Morgan fingerprint density at radius 3 is 2.55 bits per heavy atom. The quantitative estimate of drug-likeness (QED) is 0.879. The van der Waals surface area contributed by atoms with Gasteiger partial charge in [-0.25, -0.2) is 13.2 Å². The van der Waals surface area contributed by atoms with Crippen LogP contribution in [0.2, 0.25) is 0 Å². The van der Waals surface area contributed by atoms with E-state index < -0.39 is 24.4 Å². The minimum Gasteiger partial charge on any atom is -0.390 e. The number of nitrogens with one attached hydrogen (secondary N) is 1. The maximum Gasteiger partial charge on any atom is 0.289 e. The number of hydrogen-bond acceptors (Lipinski definition) is 4. The topological polar surface area (TPSA) is 59.3 Å². The van der Waals surface area contributed by atoms with Gasteiger partial charge >= 0.3 is 0 Å². The van der Waals surface area contributed by atoms with Crippen molar-refractivity contribution in [3.8, 4) is 6.07 Å². The molecule has 1 fully saturated rings. The fraction of sp³-hybridized carbons (Fsp3) is 0.500. The molecule has 1 aliphatic heterocycles. The zero-order valence-electron chi connectivity index (χ0n) is 11.7. The van der Waals surface area contributed by atoms with E-state index in [1.165, 1.54) is 6.07 Å². The van der Waals surface area contributed by atoms with E-state index in [4.69, 9.17) is 10.4 Å². The van der Waals surface area contributed by atoms with Crippen LogP contribution in [0.4, 0.5) is 13.2 Å². The van der Waals surface area contributed by atoms with Gasteiger partial charge in [0.05, 0.1) is 5.56 Å². The van der Waals surface area contributed by atoms with Crippen LogP contribution < -0.4 is 5.32 Å². The Kier molecular flexibility index (Phi) is 6.63. The number of benzene rings is 1. The Bertz CT molecular complexity index is 545. The van der Waals surface area contributed by atoms with Gasteiger partial charge in [0.25, 0.3) is 5.92 Å². The SMILES string of the molecule is Cl.N#Cc1cc([C@@H](N2CCNCC2)C(F)(F)CO)ccc1F. The van der Waals surface area contributed by atoms with E-state index >= 15 is 0 Å². The van der Waals surface area contributed by atoms with E-state index in [2.05, 4.69) is 5.32 Å². The minimum atomic E-state index is -3.37. The predicted octanol–water partition coefficient (Wildman–Crippen LogP) is 1.69. The van der Waals surface area contributed by atoms with Crippen molar-refractivity contribution in [1.29, 1.82) is 5.26 Å². The molecule has 122 valence electrons. The highest BCUT2D eigenvalue weighted by atomic mass is 35.5. The normalized spacial score (nSPS) is 17.4.